The zero-order valence-corrected chi connectivity index (χ0v) is 12.5. The van der Waals surface area contributed by atoms with E-state index in [0.29, 0.717) is 11.8 Å². The van der Waals surface area contributed by atoms with E-state index in [1.54, 1.807) is 6.07 Å². The highest BCUT2D eigenvalue weighted by atomic mass is 16.3. The van der Waals surface area contributed by atoms with Crippen LogP contribution in [0.15, 0.2) is 24.3 Å². The predicted molar refractivity (Wildman–Crippen MR) is 80.3 cm³/mol. The van der Waals surface area contributed by atoms with Crippen LogP contribution in [0.2, 0.25) is 0 Å². The molecule has 1 unspecified atom stereocenters. The fraction of sp³-hybridized carbons (Fsp3) is 0.647. The van der Waals surface area contributed by atoms with E-state index >= 15 is 0 Å². The first-order valence-electron chi connectivity index (χ1n) is 7.63. The Labute approximate surface area is 117 Å². The molecular weight excluding hydrogens is 234 g/mol. The maximum Gasteiger partial charge on any atom is 0.120 e. The quantitative estimate of drug-likeness (QED) is 0.870. The zero-order chi connectivity index (χ0) is 13.8. The number of benzene rings is 1. The van der Waals surface area contributed by atoms with Gasteiger partial charge in [0.15, 0.2) is 0 Å². The van der Waals surface area contributed by atoms with Crippen molar-refractivity contribution in [1.29, 1.82) is 0 Å². The van der Waals surface area contributed by atoms with Gasteiger partial charge in [0, 0.05) is 17.6 Å². The second-order valence-corrected chi connectivity index (χ2v) is 5.98. The maximum atomic E-state index is 9.98. The Bertz CT molecular complexity index is 396. The molecule has 1 atom stereocenters. The number of phenols is 1. The van der Waals surface area contributed by atoms with Crippen LogP contribution < -0.4 is 0 Å². The molecule has 0 aromatic heterocycles. The number of hydrogen-bond donors (Lipinski definition) is 1. The van der Waals surface area contributed by atoms with Crippen molar-refractivity contribution in [2.24, 2.45) is 5.92 Å². The van der Waals surface area contributed by atoms with Gasteiger partial charge in [-0.25, -0.2) is 0 Å². The van der Waals surface area contributed by atoms with Crippen LogP contribution in [0.5, 0.6) is 5.75 Å². The van der Waals surface area contributed by atoms with Gasteiger partial charge in [0.1, 0.15) is 5.75 Å². The Balaban J connectivity index is 2.00. The summed E-state index contributed by atoms with van der Waals surface area (Å²) in [7, 11) is 2.20. The van der Waals surface area contributed by atoms with Crippen molar-refractivity contribution >= 4 is 0 Å². The molecular formula is C17H27NO. The summed E-state index contributed by atoms with van der Waals surface area (Å²) in [6.07, 6.45) is 6.64. The topological polar surface area (TPSA) is 23.5 Å². The van der Waals surface area contributed by atoms with Crippen LogP contribution in [0.25, 0.3) is 0 Å². The molecule has 0 amide bonds. The van der Waals surface area contributed by atoms with Crippen LogP contribution in [0.3, 0.4) is 0 Å². The molecule has 1 aromatic rings. The van der Waals surface area contributed by atoms with Gasteiger partial charge < -0.3 is 5.11 Å². The van der Waals surface area contributed by atoms with Gasteiger partial charge in [-0.05, 0) is 51.6 Å². The molecule has 19 heavy (non-hydrogen) atoms. The SMILES string of the molecule is CCC1CCC(N(C)C(C)c2ccccc2O)CC1. The maximum absolute atomic E-state index is 9.98. The lowest BCUT2D eigenvalue weighted by molar-refractivity contribution is 0.125. The number of hydrogen-bond acceptors (Lipinski definition) is 2. The van der Waals surface area contributed by atoms with Crippen molar-refractivity contribution in [1.82, 2.24) is 4.90 Å². The monoisotopic (exact) mass is 261 g/mol. The van der Waals surface area contributed by atoms with Crippen LogP contribution in [-0.2, 0) is 0 Å². The van der Waals surface area contributed by atoms with E-state index in [2.05, 4.69) is 25.8 Å². The summed E-state index contributed by atoms with van der Waals surface area (Å²) in [6, 6.07) is 8.66. The molecule has 106 valence electrons. The Morgan fingerprint density at radius 3 is 2.42 bits per heavy atom. The Kier molecular flexibility index (Phi) is 4.87. The van der Waals surface area contributed by atoms with Crippen LogP contribution in [-0.4, -0.2) is 23.1 Å². The van der Waals surface area contributed by atoms with Crippen LogP contribution in [0.4, 0.5) is 0 Å². The van der Waals surface area contributed by atoms with Gasteiger partial charge in [-0.1, -0.05) is 31.5 Å². The zero-order valence-electron chi connectivity index (χ0n) is 12.5. The van der Waals surface area contributed by atoms with E-state index in [9.17, 15) is 5.11 Å². The van der Waals surface area contributed by atoms with E-state index < -0.39 is 0 Å². The molecule has 1 saturated carbocycles. The summed E-state index contributed by atoms with van der Waals surface area (Å²) in [5, 5.41) is 9.98. The lowest BCUT2D eigenvalue weighted by Gasteiger charge is -2.38. The molecule has 1 aliphatic carbocycles. The van der Waals surface area contributed by atoms with Crippen LogP contribution >= 0.6 is 0 Å². The average molecular weight is 261 g/mol. The van der Waals surface area contributed by atoms with E-state index in [-0.39, 0.29) is 6.04 Å². The molecule has 2 heteroatoms. The molecule has 0 spiro atoms. The first-order valence-corrected chi connectivity index (χ1v) is 7.63. The van der Waals surface area contributed by atoms with Gasteiger partial charge in [0.05, 0.1) is 0 Å². The van der Waals surface area contributed by atoms with Gasteiger partial charge in [0.25, 0.3) is 0 Å². The normalized spacial score (nSPS) is 25.5. The third kappa shape index (κ3) is 3.30. The lowest BCUT2D eigenvalue weighted by atomic mass is 9.83. The number of phenolic OH excluding ortho intramolecular Hbond substituents is 1. The first kappa shape index (κ1) is 14.4. The average Bonchev–Trinajstić information content (AvgIpc) is 2.46. The van der Waals surface area contributed by atoms with Crippen LogP contribution in [0.1, 0.15) is 57.6 Å². The molecule has 1 N–H and O–H groups in total. The summed E-state index contributed by atoms with van der Waals surface area (Å²) in [4.78, 5) is 2.45. The molecule has 2 rings (SSSR count). The van der Waals surface area contributed by atoms with Crippen molar-refractivity contribution in [3.8, 4) is 5.75 Å². The molecule has 0 aliphatic heterocycles. The second kappa shape index (κ2) is 6.42. The minimum atomic E-state index is 0.282. The number of nitrogens with zero attached hydrogens (tertiary/aromatic N) is 1. The third-order valence-corrected chi connectivity index (χ3v) is 4.97. The third-order valence-electron chi connectivity index (χ3n) is 4.97. The molecule has 1 fully saturated rings. The van der Waals surface area contributed by atoms with Crippen molar-refractivity contribution in [2.75, 3.05) is 7.05 Å². The highest BCUT2D eigenvalue weighted by Crippen LogP contribution is 2.34. The summed E-state index contributed by atoms with van der Waals surface area (Å²) >= 11 is 0. The smallest absolute Gasteiger partial charge is 0.120 e. The van der Waals surface area contributed by atoms with Gasteiger partial charge in [0.2, 0.25) is 0 Å². The number of para-hydroxylation sites is 1. The van der Waals surface area contributed by atoms with Gasteiger partial charge in [-0.15, -0.1) is 0 Å². The van der Waals surface area contributed by atoms with Crippen molar-refractivity contribution in [3.63, 3.8) is 0 Å². The van der Waals surface area contributed by atoms with Crippen molar-refractivity contribution < 1.29 is 5.11 Å². The first-order chi connectivity index (χ1) is 9.13. The molecule has 1 aromatic carbocycles. The molecule has 0 saturated heterocycles. The predicted octanol–water partition coefficient (Wildman–Crippen LogP) is 4.35. The van der Waals surface area contributed by atoms with E-state index in [4.69, 9.17) is 0 Å². The number of aromatic hydroxyl groups is 1. The highest BCUT2D eigenvalue weighted by Gasteiger charge is 2.26. The summed E-state index contributed by atoms with van der Waals surface area (Å²) < 4.78 is 0. The highest BCUT2D eigenvalue weighted by molar-refractivity contribution is 5.34. The number of rotatable bonds is 4. The standard InChI is InChI=1S/C17H27NO/c1-4-14-9-11-15(12-10-14)18(3)13(2)16-7-5-6-8-17(16)19/h5-8,13-15,19H,4,9-12H2,1-3H3. The van der Waals surface area contributed by atoms with Gasteiger partial charge >= 0.3 is 0 Å². The summed E-state index contributed by atoms with van der Waals surface area (Å²) in [5.74, 6) is 1.36. The van der Waals surface area contributed by atoms with Gasteiger partial charge in [-0.2, -0.15) is 0 Å². The van der Waals surface area contributed by atoms with E-state index in [0.717, 1.165) is 11.5 Å². The molecule has 0 radical (unpaired) electrons. The van der Waals surface area contributed by atoms with E-state index in [1.165, 1.54) is 32.1 Å². The fourth-order valence-electron chi connectivity index (χ4n) is 3.34. The lowest BCUT2D eigenvalue weighted by Crippen LogP contribution is -2.36. The molecule has 0 bridgehead atoms. The van der Waals surface area contributed by atoms with Crippen molar-refractivity contribution in [2.45, 2.75) is 58.0 Å². The Morgan fingerprint density at radius 2 is 1.84 bits per heavy atom. The second-order valence-electron chi connectivity index (χ2n) is 5.98. The minimum Gasteiger partial charge on any atom is -0.508 e. The minimum absolute atomic E-state index is 0.282. The molecule has 0 heterocycles. The molecule has 1 aliphatic rings. The fourth-order valence-corrected chi connectivity index (χ4v) is 3.34. The van der Waals surface area contributed by atoms with Crippen LogP contribution in [0, 0.1) is 5.92 Å². The largest absolute Gasteiger partial charge is 0.508 e. The summed E-state index contributed by atoms with van der Waals surface area (Å²) in [5.41, 5.74) is 1.04. The Morgan fingerprint density at radius 1 is 1.21 bits per heavy atom. The molecule has 2 nitrogen and oxygen atoms in total. The Hall–Kier alpha value is -1.02. The van der Waals surface area contributed by atoms with Crippen molar-refractivity contribution in [3.05, 3.63) is 29.8 Å². The van der Waals surface area contributed by atoms with E-state index in [1.807, 2.05) is 18.2 Å². The summed E-state index contributed by atoms with van der Waals surface area (Å²) in [6.45, 7) is 4.50. The van der Waals surface area contributed by atoms with Gasteiger partial charge in [-0.3, -0.25) is 4.90 Å².